The number of hydrogen-bond donors (Lipinski definition) is 1. The lowest BCUT2D eigenvalue weighted by molar-refractivity contribution is -0.140. The van der Waals surface area contributed by atoms with Crippen molar-refractivity contribution in [3.8, 4) is 11.5 Å². The van der Waals surface area contributed by atoms with Crippen molar-refractivity contribution >= 4 is 15.9 Å². The van der Waals surface area contributed by atoms with Gasteiger partial charge in [0, 0.05) is 10.5 Å². The molecule has 1 unspecified atom stereocenters. The number of halogens is 4. The van der Waals surface area contributed by atoms with Crippen molar-refractivity contribution in [3.63, 3.8) is 0 Å². The largest absolute Gasteiger partial charge is 0.486 e. The highest BCUT2D eigenvalue weighted by Gasteiger charge is 2.33. The monoisotopic (exact) mass is 367 g/mol. The van der Waals surface area contributed by atoms with Gasteiger partial charge >= 0.3 is 6.18 Å². The molecule has 1 heterocycles. The van der Waals surface area contributed by atoms with Crippen LogP contribution in [0.4, 0.5) is 13.2 Å². The molecule has 21 heavy (non-hydrogen) atoms. The van der Waals surface area contributed by atoms with Crippen LogP contribution in [0.5, 0.6) is 11.5 Å². The Morgan fingerprint density at radius 1 is 1.24 bits per heavy atom. The van der Waals surface area contributed by atoms with Crippen LogP contribution in [0.2, 0.25) is 0 Å². The van der Waals surface area contributed by atoms with Gasteiger partial charge in [0.1, 0.15) is 13.2 Å². The van der Waals surface area contributed by atoms with Gasteiger partial charge in [-0.15, -0.1) is 0 Å². The first-order valence-electron chi connectivity index (χ1n) is 6.80. The van der Waals surface area contributed by atoms with Crippen LogP contribution in [0, 0.1) is 0 Å². The average molecular weight is 368 g/mol. The van der Waals surface area contributed by atoms with Crippen molar-refractivity contribution in [3.05, 3.63) is 22.2 Å². The van der Waals surface area contributed by atoms with Gasteiger partial charge < -0.3 is 14.8 Å². The van der Waals surface area contributed by atoms with Crippen molar-refractivity contribution in [1.29, 1.82) is 0 Å². The molecular formula is C14H17BrF3NO2. The summed E-state index contributed by atoms with van der Waals surface area (Å²) >= 11 is 3.33. The van der Waals surface area contributed by atoms with E-state index < -0.39 is 18.6 Å². The molecule has 1 aromatic rings. The van der Waals surface area contributed by atoms with Gasteiger partial charge in [0.2, 0.25) is 0 Å². The standard InChI is InChI=1S/C14H17BrF3NO2/c1-2-3-19-11(8-14(16,17)18)9-6-12-13(7-10(9)15)21-5-4-20-12/h6-7,11,19H,2-5,8H2,1H3. The zero-order valence-electron chi connectivity index (χ0n) is 11.6. The summed E-state index contributed by atoms with van der Waals surface area (Å²) in [5.74, 6) is 1.04. The fraction of sp³-hybridized carbons (Fsp3) is 0.571. The number of nitrogens with one attached hydrogen (secondary N) is 1. The van der Waals surface area contributed by atoms with Crippen LogP contribution in [0.15, 0.2) is 16.6 Å². The maximum Gasteiger partial charge on any atom is 0.390 e. The molecule has 118 valence electrons. The third-order valence-electron chi connectivity index (χ3n) is 3.11. The number of hydrogen-bond acceptors (Lipinski definition) is 3. The van der Waals surface area contributed by atoms with Crippen LogP contribution in [-0.4, -0.2) is 25.9 Å². The summed E-state index contributed by atoms with van der Waals surface area (Å²) in [4.78, 5) is 0. The highest BCUT2D eigenvalue weighted by atomic mass is 79.9. The highest BCUT2D eigenvalue weighted by Crippen LogP contribution is 2.40. The number of rotatable bonds is 5. The van der Waals surface area contributed by atoms with E-state index in [9.17, 15) is 13.2 Å². The third-order valence-corrected chi connectivity index (χ3v) is 3.80. The Kier molecular flexibility index (Phi) is 5.37. The minimum absolute atomic E-state index is 0.403. The van der Waals surface area contributed by atoms with Gasteiger partial charge in [0.05, 0.1) is 6.42 Å². The van der Waals surface area contributed by atoms with Crippen molar-refractivity contribution in [2.45, 2.75) is 32.0 Å². The summed E-state index contributed by atoms with van der Waals surface area (Å²) in [6.07, 6.45) is -4.40. The molecule has 0 radical (unpaired) electrons. The lowest BCUT2D eigenvalue weighted by atomic mass is 10.0. The highest BCUT2D eigenvalue weighted by molar-refractivity contribution is 9.10. The second-order valence-corrected chi connectivity index (χ2v) is 5.70. The van der Waals surface area contributed by atoms with Gasteiger partial charge in [-0.05, 0) is 30.7 Å². The van der Waals surface area contributed by atoms with Crippen molar-refractivity contribution in [2.75, 3.05) is 19.8 Å². The topological polar surface area (TPSA) is 30.5 Å². The van der Waals surface area contributed by atoms with Crippen molar-refractivity contribution in [1.82, 2.24) is 5.32 Å². The Morgan fingerprint density at radius 3 is 2.43 bits per heavy atom. The zero-order chi connectivity index (χ0) is 15.5. The fourth-order valence-electron chi connectivity index (χ4n) is 2.19. The van der Waals surface area contributed by atoms with E-state index >= 15 is 0 Å². The van der Waals surface area contributed by atoms with Gasteiger partial charge in [0.15, 0.2) is 11.5 Å². The Labute approximate surface area is 129 Å². The van der Waals surface area contributed by atoms with E-state index in [1.165, 1.54) is 0 Å². The summed E-state index contributed by atoms with van der Waals surface area (Å²) in [5.41, 5.74) is 0.532. The minimum Gasteiger partial charge on any atom is -0.486 e. The maximum atomic E-state index is 12.8. The maximum absolute atomic E-state index is 12.8. The second kappa shape index (κ2) is 6.87. The Morgan fingerprint density at radius 2 is 1.86 bits per heavy atom. The zero-order valence-corrected chi connectivity index (χ0v) is 13.2. The van der Waals surface area contributed by atoms with Gasteiger partial charge in [-0.2, -0.15) is 13.2 Å². The van der Waals surface area contributed by atoms with Gasteiger partial charge in [-0.1, -0.05) is 22.9 Å². The van der Waals surface area contributed by atoms with E-state index in [4.69, 9.17) is 9.47 Å². The fourth-order valence-corrected chi connectivity index (χ4v) is 2.79. The average Bonchev–Trinajstić information content (AvgIpc) is 2.41. The van der Waals surface area contributed by atoms with E-state index in [-0.39, 0.29) is 0 Å². The van der Waals surface area contributed by atoms with Crippen LogP contribution in [0.25, 0.3) is 0 Å². The predicted octanol–water partition coefficient (Wildman–Crippen LogP) is 4.21. The number of benzene rings is 1. The molecule has 7 heteroatoms. The number of alkyl halides is 3. The van der Waals surface area contributed by atoms with E-state index in [0.717, 1.165) is 6.42 Å². The van der Waals surface area contributed by atoms with Crippen LogP contribution < -0.4 is 14.8 Å². The molecule has 0 aromatic heterocycles. The second-order valence-electron chi connectivity index (χ2n) is 4.84. The summed E-state index contributed by atoms with van der Waals surface area (Å²) in [6.45, 7) is 3.28. The van der Waals surface area contributed by atoms with Crippen LogP contribution in [0.1, 0.15) is 31.4 Å². The van der Waals surface area contributed by atoms with E-state index in [0.29, 0.717) is 41.3 Å². The third kappa shape index (κ3) is 4.51. The quantitative estimate of drug-likeness (QED) is 0.845. The van der Waals surface area contributed by atoms with Gasteiger partial charge in [-0.3, -0.25) is 0 Å². The molecule has 3 nitrogen and oxygen atoms in total. The first-order valence-corrected chi connectivity index (χ1v) is 7.59. The molecule has 0 fully saturated rings. The molecule has 2 rings (SSSR count). The van der Waals surface area contributed by atoms with Crippen LogP contribution in [-0.2, 0) is 0 Å². The predicted molar refractivity (Wildman–Crippen MR) is 76.8 cm³/mol. The van der Waals surface area contributed by atoms with E-state index in [1.807, 2.05) is 6.92 Å². The van der Waals surface area contributed by atoms with E-state index in [2.05, 4.69) is 21.2 Å². The summed E-state index contributed by atoms with van der Waals surface area (Å²) in [6, 6.07) is 2.48. The molecule has 1 N–H and O–H groups in total. The van der Waals surface area contributed by atoms with Crippen LogP contribution in [0.3, 0.4) is 0 Å². The molecule has 0 aliphatic carbocycles. The lowest BCUT2D eigenvalue weighted by Crippen LogP contribution is -2.28. The summed E-state index contributed by atoms with van der Waals surface area (Å²) < 4.78 is 49.8. The molecule has 0 saturated carbocycles. The summed E-state index contributed by atoms with van der Waals surface area (Å²) in [7, 11) is 0. The normalized spacial score (nSPS) is 15.9. The first-order chi connectivity index (χ1) is 9.90. The minimum atomic E-state index is -4.24. The smallest absolute Gasteiger partial charge is 0.390 e. The number of fused-ring (bicyclic) bond motifs is 1. The van der Waals surface area contributed by atoms with Crippen molar-refractivity contribution < 1.29 is 22.6 Å². The molecule has 1 atom stereocenters. The molecular weight excluding hydrogens is 351 g/mol. The van der Waals surface area contributed by atoms with Gasteiger partial charge in [0.25, 0.3) is 0 Å². The SMILES string of the molecule is CCCNC(CC(F)(F)F)c1cc2c(cc1Br)OCCO2. The number of ether oxygens (including phenoxy) is 2. The molecule has 0 bridgehead atoms. The molecule has 0 amide bonds. The molecule has 1 aliphatic heterocycles. The Hall–Kier alpha value is -0.950. The Bertz CT molecular complexity index is 494. The summed E-state index contributed by atoms with van der Waals surface area (Å²) in [5, 5.41) is 2.94. The molecule has 1 aromatic carbocycles. The Balaban J connectivity index is 2.29. The van der Waals surface area contributed by atoms with Crippen LogP contribution >= 0.6 is 15.9 Å². The van der Waals surface area contributed by atoms with E-state index in [1.54, 1.807) is 12.1 Å². The van der Waals surface area contributed by atoms with Crippen molar-refractivity contribution in [2.24, 2.45) is 0 Å². The van der Waals surface area contributed by atoms with Gasteiger partial charge in [-0.25, -0.2) is 0 Å². The molecule has 1 aliphatic rings. The molecule has 0 spiro atoms. The first kappa shape index (κ1) is 16.4. The molecule has 0 saturated heterocycles. The lowest BCUT2D eigenvalue weighted by Gasteiger charge is -2.25.